The second kappa shape index (κ2) is 7.37. The summed E-state index contributed by atoms with van der Waals surface area (Å²) in [4.78, 5) is 36.8. The van der Waals surface area contributed by atoms with Crippen molar-refractivity contribution in [1.82, 2.24) is 24.8 Å². The van der Waals surface area contributed by atoms with Gasteiger partial charge < -0.3 is 14.2 Å². The largest absolute Gasteiger partial charge is 0.461 e. The molecule has 2 saturated heterocycles. The van der Waals surface area contributed by atoms with Gasteiger partial charge in [-0.25, -0.2) is 15.0 Å². The zero-order valence-electron chi connectivity index (χ0n) is 17.9. The molecule has 0 radical (unpaired) electrons. The lowest BCUT2D eigenvalue weighted by Crippen LogP contribution is -2.34. The Bertz CT molecular complexity index is 1300. The van der Waals surface area contributed by atoms with Crippen molar-refractivity contribution in [2.75, 3.05) is 31.1 Å². The summed E-state index contributed by atoms with van der Waals surface area (Å²) in [5.41, 5.74) is 3.75. The molecular formula is C23H22N6O2S. The predicted octanol–water partition coefficient (Wildman–Crippen LogP) is 3.57. The van der Waals surface area contributed by atoms with Crippen LogP contribution in [0.3, 0.4) is 0 Å². The fourth-order valence-electron chi connectivity index (χ4n) is 4.85. The molecule has 2 aliphatic heterocycles. The van der Waals surface area contributed by atoms with Crippen LogP contribution in [0.4, 0.5) is 5.95 Å². The number of pyridine rings is 1. The fourth-order valence-corrected chi connectivity index (χ4v) is 5.74. The molecule has 32 heavy (non-hydrogen) atoms. The second-order valence-electron chi connectivity index (χ2n) is 8.50. The molecule has 0 spiro atoms. The first-order chi connectivity index (χ1) is 15.6. The number of amides is 1. The second-order valence-corrected chi connectivity index (χ2v) is 9.71. The normalized spacial score (nSPS) is 20.3. The van der Waals surface area contributed by atoms with Gasteiger partial charge in [-0.1, -0.05) is 6.07 Å². The van der Waals surface area contributed by atoms with Crippen LogP contribution in [0.15, 0.2) is 41.1 Å². The van der Waals surface area contributed by atoms with Crippen molar-refractivity contribution in [3.63, 3.8) is 0 Å². The van der Waals surface area contributed by atoms with Gasteiger partial charge in [-0.15, -0.1) is 11.3 Å². The van der Waals surface area contributed by atoms with Gasteiger partial charge in [0.1, 0.15) is 11.2 Å². The van der Waals surface area contributed by atoms with Gasteiger partial charge in [0.15, 0.2) is 5.58 Å². The summed E-state index contributed by atoms with van der Waals surface area (Å²) in [7, 11) is 0. The molecule has 0 aliphatic carbocycles. The highest BCUT2D eigenvalue weighted by Crippen LogP contribution is 2.36. The van der Waals surface area contributed by atoms with Crippen LogP contribution < -0.4 is 4.90 Å². The van der Waals surface area contributed by atoms with E-state index in [2.05, 4.69) is 24.8 Å². The third-order valence-corrected chi connectivity index (χ3v) is 7.35. The Hall–Kier alpha value is -3.33. The van der Waals surface area contributed by atoms with Crippen LogP contribution >= 0.6 is 11.3 Å². The van der Waals surface area contributed by atoms with Crippen molar-refractivity contribution in [1.29, 1.82) is 0 Å². The van der Waals surface area contributed by atoms with Gasteiger partial charge in [0.2, 0.25) is 5.95 Å². The number of hydrogen-bond donors (Lipinski definition) is 0. The lowest BCUT2D eigenvalue weighted by atomic mass is 10.0. The molecule has 4 aromatic rings. The number of thiazole rings is 1. The Morgan fingerprint density at radius 3 is 2.62 bits per heavy atom. The van der Waals surface area contributed by atoms with E-state index in [0.29, 0.717) is 17.5 Å². The molecule has 2 aliphatic rings. The van der Waals surface area contributed by atoms with Gasteiger partial charge >= 0.3 is 0 Å². The van der Waals surface area contributed by atoms with E-state index in [1.807, 2.05) is 43.0 Å². The number of carbonyl (C=O) groups excluding carboxylic acids is 1. The van der Waals surface area contributed by atoms with Crippen LogP contribution in [0.2, 0.25) is 0 Å². The van der Waals surface area contributed by atoms with Gasteiger partial charge in [0.25, 0.3) is 5.91 Å². The van der Waals surface area contributed by atoms with Crippen molar-refractivity contribution in [2.24, 2.45) is 11.8 Å². The summed E-state index contributed by atoms with van der Waals surface area (Å²) < 4.78 is 5.47. The van der Waals surface area contributed by atoms with Crippen molar-refractivity contribution in [2.45, 2.75) is 13.8 Å². The Morgan fingerprint density at radius 1 is 1.06 bits per heavy atom. The van der Waals surface area contributed by atoms with Crippen molar-refractivity contribution < 1.29 is 9.21 Å². The molecule has 0 aromatic carbocycles. The van der Waals surface area contributed by atoms with E-state index in [9.17, 15) is 4.79 Å². The number of carbonyl (C=O) groups is 1. The molecule has 162 valence electrons. The number of aromatic nitrogens is 4. The minimum absolute atomic E-state index is 0.00265. The van der Waals surface area contributed by atoms with E-state index in [4.69, 9.17) is 4.42 Å². The number of anilines is 1. The Kier molecular flexibility index (Phi) is 4.46. The molecule has 0 bridgehead atoms. The summed E-state index contributed by atoms with van der Waals surface area (Å²) >= 11 is 1.52. The minimum Gasteiger partial charge on any atom is -0.461 e. The lowest BCUT2D eigenvalue weighted by molar-refractivity contribution is 0.0778. The highest BCUT2D eigenvalue weighted by Gasteiger charge is 2.43. The monoisotopic (exact) mass is 446 g/mol. The maximum absolute atomic E-state index is 13.4. The van der Waals surface area contributed by atoms with Crippen molar-refractivity contribution in [3.8, 4) is 10.6 Å². The maximum atomic E-state index is 13.4. The average molecular weight is 447 g/mol. The van der Waals surface area contributed by atoms with E-state index in [-0.39, 0.29) is 5.91 Å². The Morgan fingerprint density at radius 2 is 1.88 bits per heavy atom. The topological polar surface area (TPSA) is 88.3 Å². The molecule has 2 unspecified atom stereocenters. The molecule has 0 N–H and O–H groups in total. The van der Waals surface area contributed by atoms with Crippen LogP contribution in [0.5, 0.6) is 0 Å². The quantitative estimate of drug-likeness (QED) is 0.475. The summed E-state index contributed by atoms with van der Waals surface area (Å²) in [5.74, 6) is 1.56. The highest BCUT2D eigenvalue weighted by molar-refractivity contribution is 7.15. The number of likely N-dealkylation sites (tertiary alicyclic amines) is 1. The number of nitrogens with zero attached hydrogens (tertiary/aromatic N) is 6. The number of aryl methyl sites for hydroxylation is 2. The third kappa shape index (κ3) is 3.15. The molecule has 9 heteroatoms. The Labute approximate surface area is 188 Å². The molecular weight excluding hydrogens is 424 g/mol. The first kappa shape index (κ1) is 19.4. The Balaban J connectivity index is 1.20. The SMILES string of the molecule is Cc1nc(C(=O)N2CC3CN(c4nc(C)c5occc5n4)CC3C2)c(-c2ccccn2)s1. The van der Waals surface area contributed by atoms with E-state index in [1.54, 1.807) is 12.5 Å². The average Bonchev–Trinajstić information content (AvgIpc) is 3.56. The maximum Gasteiger partial charge on any atom is 0.274 e. The van der Waals surface area contributed by atoms with Gasteiger partial charge in [0, 0.05) is 50.3 Å². The first-order valence-electron chi connectivity index (χ1n) is 10.7. The van der Waals surface area contributed by atoms with E-state index < -0.39 is 0 Å². The predicted molar refractivity (Wildman–Crippen MR) is 122 cm³/mol. The van der Waals surface area contributed by atoms with Crippen LogP contribution in [-0.2, 0) is 0 Å². The van der Waals surface area contributed by atoms with Gasteiger partial charge in [0.05, 0.1) is 27.5 Å². The van der Waals surface area contributed by atoms with E-state index in [1.165, 1.54) is 11.3 Å². The summed E-state index contributed by atoms with van der Waals surface area (Å²) in [5, 5.41) is 0.877. The highest BCUT2D eigenvalue weighted by atomic mass is 32.1. The van der Waals surface area contributed by atoms with Gasteiger partial charge in [-0.2, -0.15) is 0 Å². The van der Waals surface area contributed by atoms with Crippen LogP contribution in [-0.4, -0.2) is 56.9 Å². The van der Waals surface area contributed by atoms with E-state index >= 15 is 0 Å². The number of fused-ring (bicyclic) bond motifs is 2. The number of hydrogen-bond acceptors (Lipinski definition) is 8. The zero-order chi connectivity index (χ0) is 21.8. The molecule has 0 saturated carbocycles. The smallest absolute Gasteiger partial charge is 0.274 e. The summed E-state index contributed by atoms with van der Waals surface area (Å²) in [6, 6.07) is 7.62. The standard InChI is InChI=1S/C23H22N6O2S/c1-13-20-17(6-8-31-20)27-23(25-13)29-11-15-9-28(10-16(15)12-29)22(30)19-21(32-14(2)26-19)18-5-3-4-7-24-18/h3-8,15-16H,9-12H2,1-2H3. The van der Waals surface area contributed by atoms with E-state index in [0.717, 1.165) is 64.5 Å². The zero-order valence-corrected chi connectivity index (χ0v) is 18.7. The van der Waals surface area contributed by atoms with Crippen molar-refractivity contribution >= 4 is 34.3 Å². The van der Waals surface area contributed by atoms with Crippen LogP contribution in [0.25, 0.3) is 21.7 Å². The van der Waals surface area contributed by atoms with Crippen LogP contribution in [0.1, 0.15) is 21.2 Å². The number of furan rings is 1. The summed E-state index contributed by atoms with van der Waals surface area (Å²) in [6.45, 7) is 7.03. The van der Waals surface area contributed by atoms with Crippen LogP contribution in [0, 0.1) is 25.7 Å². The molecule has 6 rings (SSSR count). The summed E-state index contributed by atoms with van der Waals surface area (Å²) in [6.07, 6.45) is 3.40. The van der Waals surface area contributed by atoms with Crippen molar-refractivity contribution in [3.05, 3.63) is 53.1 Å². The fraction of sp³-hybridized carbons (Fsp3) is 0.348. The first-order valence-corrected chi connectivity index (χ1v) is 11.5. The molecule has 6 heterocycles. The lowest BCUT2D eigenvalue weighted by Gasteiger charge is -2.22. The molecule has 8 nitrogen and oxygen atoms in total. The molecule has 2 atom stereocenters. The molecule has 1 amide bonds. The van der Waals surface area contributed by atoms with Gasteiger partial charge in [-0.3, -0.25) is 9.78 Å². The third-order valence-electron chi connectivity index (χ3n) is 6.35. The molecule has 2 fully saturated rings. The molecule has 4 aromatic heterocycles. The number of rotatable bonds is 3. The minimum atomic E-state index is 0.00265. The van der Waals surface area contributed by atoms with Gasteiger partial charge in [-0.05, 0) is 26.0 Å².